The number of hydrogen-bond acceptors (Lipinski definition) is 5. The molecule has 1 fully saturated rings. The molecule has 2 aromatic rings. The van der Waals surface area contributed by atoms with Gasteiger partial charge in [-0.1, -0.05) is 0 Å². The van der Waals surface area contributed by atoms with Gasteiger partial charge in [0.1, 0.15) is 0 Å². The van der Waals surface area contributed by atoms with Gasteiger partial charge in [0.2, 0.25) is 5.91 Å². The fourth-order valence-corrected chi connectivity index (χ4v) is 3.58. The van der Waals surface area contributed by atoms with Crippen molar-refractivity contribution in [2.45, 2.75) is 19.4 Å². The van der Waals surface area contributed by atoms with Crippen LogP contribution in [0, 0.1) is 5.92 Å². The maximum absolute atomic E-state index is 11.8. The SMILES string of the molecule is CNC(=O)C1CCCN(c2nc3sccn3c2CN)C1. The Morgan fingerprint density at radius 1 is 1.65 bits per heavy atom. The summed E-state index contributed by atoms with van der Waals surface area (Å²) in [5.41, 5.74) is 6.91. The Labute approximate surface area is 121 Å². The molecule has 2 aromatic heterocycles. The number of thiazole rings is 1. The Morgan fingerprint density at radius 2 is 2.50 bits per heavy atom. The third-order valence-electron chi connectivity index (χ3n) is 3.87. The number of nitrogens with two attached hydrogens (primary N) is 1. The summed E-state index contributed by atoms with van der Waals surface area (Å²) in [4.78, 5) is 19.7. The van der Waals surface area contributed by atoms with Gasteiger partial charge >= 0.3 is 0 Å². The van der Waals surface area contributed by atoms with Gasteiger partial charge in [-0.05, 0) is 12.8 Å². The van der Waals surface area contributed by atoms with Crippen LogP contribution >= 0.6 is 11.3 Å². The molecule has 1 saturated heterocycles. The van der Waals surface area contributed by atoms with Gasteiger partial charge in [0.25, 0.3) is 0 Å². The number of rotatable bonds is 3. The summed E-state index contributed by atoms with van der Waals surface area (Å²) in [6, 6.07) is 0. The smallest absolute Gasteiger partial charge is 0.224 e. The first kappa shape index (κ1) is 13.4. The average Bonchev–Trinajstić information content (AvgIpc) is 3.06. The highest BCUT2D eigenvalue weighted by molar-refractivity contribution is 7.15. The lowest BCUT2D eigenvalue weighted by Crippen LogP contribution is -2.42. The molecule has 3 heterocycles. The molecule has 0 bridgehead atoms. The molecule has 0 saturated carbocycles. The van der Waals surface area contributed by atoms with Crippen molar-refractivity contribution >= 4 is 28.0 Å². The number of nitrogens with zero attached hydrogens (tertiary/aromatic N) is 3. The van der Waals surface area contributed by atoms with Crippen LogP contribution in [0.25, 0.3) is 4.96 Å². The van der Waals surface area contributed by atoms with E-state index in [1.807, 2.05) is 16.0 Å². The van der Waals surface area contributed by atoms with E-state index in [0.29, 0.717) is 6.54 Å². The van der Waals surface area contributed by atoms with Gasteiger partial charge in [0, 0.05) is 38.3 Å². The fraction of sp³-hybridized carbons (Fsp3) is 0.538. The maximum Gasteiger partial charge on any atom is 0.224 e. The number of hydrogen-bond donors (Lipinski definition) is 2. The van der Waals surface area contributed by atoms with E-state index in [-0.39, 0.29) is 11.8 Å². The molecule has 0 aromatic carbocycles. The van der Waals surface area contributed by atoms with Crippen LogP contribution in [-0.2, 0) is 11.3 Å². The van der Waals surface area contributed by atoms with Gasteiger partial charge in [0.15, 0.2) is 10.8 Å². The highest BCUT2D eigenvalue weighted by Crippen LogP contribution is 2.28. The summed E-state index contributed by atoms with van der Waals surface area (Å²) < 4.78 is 2.05. The van der Waals surface area contributed by atoms with Crippen LogP contribution < -0.4 is 16.0 Å². The molecule has 108 valence electrons. The lowest BCUT2D eigenvalue weighted by molar-refractivity contribution is -0.124. The molecule has 3 N–H and O–H groups in total. The lowest BCUT2D eigenvalue weighted by atomic mass is 9.97. The number of aromatic nitrogens is 2. The van der Waals surface area contributed by atoms with E-state index < -0.39 is 0 Å². The normalized spacial score (nSPS) is 19.5. The molecular formula is C13H19N5OS. The molecule has 1 atom stereocenters. The molecule has 1 unspecified atom stereocenters. The van der Waals surface area contributed by atoms with Gasteiger partial charge in [-0.2, -0.15) is 0 Å². The Kier molecular flexibility index (Phi) is 3.62. The quantitative estimate of drug-likeness (QED) is 0.878. The van der Waals surface area contributed by atoms with E-state index in [1.165, 1.54) is 0 Å². The van der Waals surface area contributed by atoms with Crippen molar-refractivity contribution in [3.63, 3.8) is 0 Å². The molecule has 1 amide bonds. The van der Waals surface area contributed by atoms with Gasteiger partial charge in [-0.3, -0.25) is 9.20 Å². The molecule has 0 spiro atoms. The number of carbonyl (C=O) groups is 1. The van der Waals surface area contributed by atoms with E-state index in [0.717, 1.165) is 42.4 Å². The minimum atomic E-state index is 0.0408. The summed E-state index contributed by atoms with van der Waals surface area (Å²) >= 11 is 1.60. The minimum absolute atomic E-state index is 0.0408. The number of anilines is 1. The first-order chi connectivity index (χ1) is 9.74. The second-order valence-corrected chi connectivity index (χ2v) is 5.91. The summed E-state index contributed by atoms with van der Waals surface area (Å²) in [5, 5.41) is 4.75. The number of amides is 1. The molecule has 0 aliphatic carbocycles. The standard InChI is InChI=1S/C13H19N5OS/c1-15-12(19)9-3-2-4-17(8-9)11-10(7-14)18-5-6-20-13(18)16-11/h5-6,9H,2-4,7-8,14H2,1H3,(H,15,19). The van der Waals surface area contributed by atoms with E-state index in [1.54, 1.807) is 18.4 Å². The zero-order chi connectivity index (χ0) is 14.1. The molecule has 20 heavy (non-hydrogen) atoms. The third-order valence-corrected chi connectivity index (χ3v) is 4.63. The van der Waals surface area contributed by atoms with Crippen LogP contribution in [-0.4, -0.2) is 35.4 Å². The van der Waals surface area contributed by atoms with Crippen molar-refractivity contribution in [3.05, 3.63) is 17.3 Å². The van der Waals surface area contributed by atoms with Crippen molar-refractivity contribution in [1.29, 1.82) is 0 Å². The molecule has 6 nitrogen and oxygen atoms in total. The Morgan fingerprint density at radius 3 is 3.25 bits per heavy atom. The van der Waals surface area contributed by atoms with Gasteiger partial charge in [-0.25, -0.2) is 4.98 Å². The first-order valence-corrected chi connectivity index (χ1v) is 7.73. The monoisotopic (exact) mass is 293 g/mol. The number of piperidine rings is 1. The molecule has 1 aliphatic rings. The van der Waals surface area contributed by atoms with E-state index in [9.17, 15) is 4.79 Å². The van der Waals surface area contributed by atoms with E-state index >= 15 is 0 Å². The van der Waals surface area contributed by atoms with Crippen molar-refractivity contribution in [2.75, 3.05) is 25.0 Å². The highest BCUT2D eigenvalue weighted by atomic mass is 32.1. The second-order valence-electron chi connectivity index (χ2n) is 5.04. The number of imidazole rings is 1. The van der Waals surface area contributed by atoms with E-state index in [2.05, 4.69) is 15.2 Å². The van der Waals surface area contributed by atoms with Gasteiger partial charge < -0.3 is 16.0 Å². The van der Waals surface area contributed by atoms with Crippen LogP contribution in [0.3, 0.4) is 0 Å². The van der Waals surface area contributed by atoms with Crippen molar-refractivity contribution in [1.82, 2.24) is 14.7 Å². The molecule has 0 radical (unpaired) electrons. The molecular weight excluding hydrogens is 274 g/mol. The van der Waals surface area contributed by atoms with Crippen molar-refractivity contribution in [3.8, 4) is 0 Å². The zero-order valence-electron chi connectivity index (χ0n) is 11.5. The van der Waals surface area contributed by atoms with Gasteiger partial charge in [-0.15, -0.1) is 11.3 Å². The minimum Gasteiger partial charge on any atom is -0.359 e. The number of carbonyl (C=O) groups excluding carboxylic acids is 1. The van der Waals surface area contributed by atoms with Crippen LogP contribution in [0.5, 0.6) is 0 Å². The first-order valence-electron chi connectivity index (χ1n) is 6.85. The summed E-state index contributed by atoms with van der Waals surface area (Å²) in [5.74, 6) is 1.09. The second kappa shape index (κ2) is 5.41. The summed E-state index contributed by atoms with van der Waals surface area (Å²) in [7, 11) is 1.69. The number of nitrogens with one attached hydrogen (secondary N) is 1. The van der Waals surface area contributed by atoms with Crippen LogP contribution in [0.2, 0.25) is 0 Å². The Bertz CT molecular complexity index is 619. The lowest BCUT2D eigenvalue weighted by Gasteiger charge is -2.32. The average molecular weight is 293 g/mol. The zero-order valence-corrected chi connectivity index (χ0v) is 12.3. The summed E-state index contributed by atoms with van der Waals surface area (Å²) in [6.45, 7) is 2.11. The predicted octanol–water partition coefficient (Wildman–Crippen LogP) is 0.817. The van der Waals surface area contributed by atoms with Crippen LogP contribution in [0.4, 0.5) is 5.82 Å². The van der Waals surface area contributed by atoms with Gasteiger partial charge in [0.05, 0.1) is 11.6 Å². The molecule has 3 rings (SSSR count). The Balaban J connectivity index is 1.90. The van der Waals surface area contributed by atoms with Crippen molar-refractivity contribution < 1.29 is 4.79 Å². The topological polar surface area (TPSA) is 75.7 Å². The van der Waals surface area contributed by atoms with Crippen LogP contribution in [0.1, 0.15) is 18.5 Å². The molecule has 1 aliphatic heterocycles. The maximum atomic E-state index is 11.8. The fourth-order valence-electron chi connectivity index (χ4n) is 2.85. The summed E-state index contributed by atoms with van der Waals surface area (Å²) in [6.07, 6.45) is 3.95. The predicted molar refractivity (Wildman–Crippen MR) is 80.0 cm³/mol. The van der Waals surface area contributed by atoms with E-state index in [4.69, 9.17) is 5.73 Å². The Hall–Kier alpha value is -1.60. The highest BCUT2D eigenvalue weighted by Gasteiger charge is 2.28. The largest absolute Gasteiger partial charge is 0.359 e. The number of fused-ring (bicyclic) bond motifs is 1. The third kappa shape index (κ3) is 2.16. The van der Waals surface area contributed by atoms with Crippen molar-refractivity contribution in [2.24, 2.45) is 11.7 Å². The van der Waals surface area contributed by atoms with Crippen LogP contribution in [0.15, 0.2) is 11.6 Å². The molecule has 7 heteroatoms.